The van der Waals surface area contributed by atoms with Crippen LogP contribution in [-0.4, -0.2) is 28.1 Å². The minimum atomic E-state index is -3.39. The second kappa shape index (κ2) is 7.15. The predicted molar refractivity (Wildman–Crippen MR) is 77.2 cm³/mol. The highest BCUT2D eigenvalue weighted by Crippen LogP contribution is 2.13. The quantitative estimate of drug-likeness (QED) is 0.839. The van der Waals surface area contributed by atoms with Crippen molar-refractivity contribution in [3.63, 3.8) is 0 Å². The van der Waals surface area contributed by atoms with Gasteiger partial charge in [0.15, 0.2) is 0 Å². The first-order valence-corrected chi connectivity index (χ1v) is 8.63. The first kappa shape index (κ1) is 15.4. The zero-order chi connectivity index (χ0) is 14.4. The molecular weight excluding hydrogens is 279 g/mol. The van der Waals surface area contributed by atoms with Gasteiger partial charge in [0.25, 0.3) is 0 Å². The first-order chi connectivity index (χ1) is 9.55. The summed E-state index contributed by atoms with van der Waals surface area (Å²) in [5.41, 5.74) is 0.469. The highest BCUT2D eigenvalue weighted by atomic mass is 32.2. The summed E-state index contributed by atoms with van der Waals surface area (Å²) in [6.45, 7) is 2.47. The second-order valence-electron chi connectivity index (χ2n) is 5.28. The molecule has 4 nitrogen and oxygen atoms in total. The van der Waals surface area contributed by atoms with Gasteiger partial charge >= 0.3 is 0 Å². The summed E-state index contributed by atoms with van der Waals surface area (Å²) in [6, 6.07) is 5.70. The lowest BCUT2D eigenvalue weighted by molar-refractivity contribution is 0.358. The largest absolute Gasteiger partial charge is 0.316 e. The van der Waals surface area contributed by atoms with Gasteiger partial charge in [-0.1, -0.05) is 12.1 Å². The molecule has 20 heavy (non-hydrogen) atoms. The molecule has 2 rings (SSSR count). The molecule has 0 radical (unpaired) electrons. The van der Waals surface area contributed by atoms with Gasteiger partial charge in [0.05, 0.1) is 5.75 Å². The average molecular weight is 300 g/mol. The zero-order valence-electron chi connectivity index (χ0n) is 11.4. The molecule has 0 saturated carbocycles. The minimum Gasteiger partial charge on any atom is -0.316 e. The maximum atomic E-state index is 13.0. The SMILES string of the molecule is O=S(=O)(Cc1cccc(F)c1)NCCC1CCCNC1. The van der Waals surface area contributed by atoms with Crippen molar-refractivity contribution in [2.75, 3.05) is 19.6 Å². The summed E-state index contributed by atoms with van der Waals surface area (Å²) in [5, 5.41) is 3.31. The number of halogens is 1. The summed E-state index contributed by atoms with van der Waals surface area (Å²) < 4.78 is 39.4. The van der Waals surface area contributed by atoms with Crippen LogP contribution in [-0.2, 0) is 15.8 Å². The molecule has 1 atom stereocenters. The number of benzene rings is 1. The third-order valence-electron chi connectivity index (χ3n) is 3.52. The molecular formula is C14H21FN2O2S. The Balaban J connectivity index is 1.78. The molecule has 1 aliphatic heterocycles. The van der Waals surface area contributed by atoms with E-state index in [2.05, 4.69) is 10.0 Å². The molecule has 1 aromatic carbocycles. The molecule has 0 aliphatic carbocycles. The van der Waals surface area contributed by atoms with E-state index in [1.165, 1.54) is 18.2 Å². The van der Waals surface area contributed by atoms with Crippen molar-refractivity contribution >= 4 is 10.0 Å². The van der Waals surface area contributed by atoms with Gasteiger partial charge in [-0.15, -0.1) is 0 Å². The van der Waals surface area contributed by atoms with Crippen molar-refractivity contribution in [3.8, 4) is 0 Å². The molecule has 1 aliphatic rings. The van der Waals surface area contributed by atoms with Crippen LogP contribution in [0, 0.1) is 11.7 Å². The summed E-state index contributed by atoms with van der Waals surface area (Å²) in [7, 11) is -3.39. The first-order valence-electron chi connectivity index (χ1n) is 6.98. The number of piperidine rings is 1. The molecule has 0 bridgehead atoms. The van der Waals surface area contributed by atoms with Gasteiger partial charge in [0, 0.05) is 6.54 Å². The van der Waals surface area contributed by atoms with Crippen LogP contribution in [0.4, 0.5) is 4.39 Å². The number of hydrogen-bond acceptors (Lipinski definition) is 3. The van der Waals surface area contributed by atoms with Crippen LogP contribution in [0.1, 0.15) is 24.8 Å². The van der Waals surface area contributed by atoms with E-state index < -0.39 is 15.8 Å². The minimum absolute atomic E-state index is 0.173. The van der Waals surface area contributed by atoms with E-state index in [1.807, 2.05) is 0 Å². The van der Waals surface area contributed by atoms with E-state index in [-0.39, 0.29) is 5.75 Å². The van der Waals surface area contributed by atoms with Gasteiger partial charge in [-0.05, 0) is 56.0 Å². The van der Waals surface area contributed by atoms with E-state index in [0.717, 1.165) is 32.4 Å². The Morgan fingerprint density at radius 1 is 1.40 bits per heavy atom. The van der Waals surface area contributed by atoms with Crippen molar-refractivity contribution in [3.05, 3.63) is 35.6 Å². The molecule has 1 fully saturated rings. The third-order valence-corrected chi connectivity index (χ3v) is 4.88. The summed E-state index contributed by atoms with van der Waals surface area (Å²) >= 11 is 0. The Labute approximate surface area is 119 Å². The fourth-order valence-corrected chi connectivity index (χ4v) is 3.64. The molecule has 0 amide bonds. The summed E-state index contributed by atoms with van der Waals surface area (Å²) in [5.74, 6) is -0.0418. The number of hydrogen-bond donors (Lipinski definition) is 2. The molecule has 0 aromatic heterocycles. The molecule has 1 unspecified atom stereocenters. The maximum Gasteiger partial charge on any atom is 0.215 e. The van der Waals surface area contributed by atoms with Crippen molar-refractivity contribution in [2.24, 2.45) is 5.92 Å². The molecule has 112 valence electrons. The molecule has 0 spiro atoms. The van der Waals surface area contributed by atoms with E-state index in [0.29, 0.717) is 18.0 Å². The van der Waals surface area contributed by atoms with Gasteiger partial charge in [0.1, 0.15) is 5.82 Å². The van der Waals surface area contributed by atoms with Crippen LogP contribution in [0.25, 0.3) is 0 Å². The van der Waals surface area contributed by atoms with Crippen LogP contribution < -0.4 is 10.0 Å². The molecule has 1 heterocycles. The maximum absolute atomic E-state index is 13.0. The van der Waals surface area contributed by atoms with Gasteiger partial charge in [-0.2, -0.15) is 0 Å². The Morgan fingerprint density at radius 3 is 2.95 bits per heavy atom. The highest BCUT2D eigenvalue weighted by Gasteiger charge is 2.15. The van der Waals surface area contributed by atoms with E-state index in [9.17, 15) is 12.8 Å². The predicted octanol–water partition coefficient (Wildman–Crippen LogP) is 1.63. The standard InChI is InChI=1S/C14H21FN2O2S/c15-14-5-1-3-13(9-14)11-20(18,19)17-8-6-12-4-2-7-16-10-12/h1,3,5,9,12,16-17H,2,4,6-8,10-11H2. The van der Waals surface area contributed by atoms with Crippen LogP contribution in [0.2, 0.25) is 0 Å². The van der Waals surface area contributed by atoms with Crippen molar-refractivity contribution in [1.29, 1.82) is 0 Å². The number of sulfonamides is 1. The zero-order valence-corrected chi connectivity index (χ0v) is 12.3. The second-order valence-corrected chi connectivity index (χ2v) is 7.09. The fraction of sp³-hybridized carbons (Fsp3) is 0.571. The Hall–Kier alpha value is -0.980. The highest BCUT2D eigenvalue weighted by molar-refractivity contribution is 7.88. The monoisotopic (exact) mass is 300 g/mol. The van der Waals surface area contributed by atoms with Crippen LogP contribution in [0.3, 0.4) is 0 Å². The molecule has 1 saturated heterocycles. The fourth-order valence-electron chi connectivity index (χ4n) is 2.49. The lowest BCUT2D eigenvalue weighted by atomic mass is 9.96. The van der Waals surface area contributed by atoms with E-state index >= 15 is 0 Å². The lowest BCUT2D eigenvalue weighted by Gasteiger charge is -2.22. The smallest absolute Gasteiger partial charge is 0.215 e. The Kier molecular flexibility index (Phi) is 5.51. The third kappa shape index (κ3) is 5.19. The van der Waals surface area contributed by atoms with E-state index in [1.54, 1.807) is 6.07 Å². The Bertz CT molecular complexity index is 528. The van der Waals surface area contributed by atoms with Gasteiger partial charge in [-0.25, -0.2) is 17.5 Å². The summed E-state index contributed by atoms with van der Waals surface area (Å²) in [4.78, 5) is 0. The Morgan fingerprint density at radius 2 is 2.25 bits per heavy atom. The molecule has 6 heteroatoms. The number of nitrogens with one attached hydrogen (secondary N) is 2. The van der Waals surface area contributed by atoms with Gasteiger partial charge in [0.2, 0.25) is 10.0 Å². The normalized spacial score (nSPS) is 19.9. The van der Waals surface area contributed by atoms with Gasteiger partial charge < -0.3 is 5.32 Å². The summed E-state index contributed by atoms with van der Waals surface area (Å²) in [6.07, 6.45) is 3.15. The lowest BCUT2D eigenvalue weighted by Crippen LogP contribution is -2.33. The van der Waals surface area contributed by atoms with Crippen molar-refractivity contribution in [1.82, 2.24) is 10.0 Å². The van der Waals surface area contributed by atoms with Crippen LogP contribution >= 0.6 is 0 Å². The van der Waals surface area contributed by atoms with Crippen molar-refractivity contribution < 1.29 is 12.8 Å². The van der Waals surface area contributed by atoms with Crippen LogP contribution in [0.5, 0.6) is 0 Å². The van der Waals surface area contributed by atoms with Crippen LogP contribution in [0.15, 0.2) is 24.3 Å². The van der Waals surface area contributed by atoms with E-state index in [4.69, 9.17) is 0 Å². The van der Waals surface area contributed by atoms with Crippen molar-refractivity contribution in [2.45, 2.75) is 25.0 Å². The molecule has 1 aromatic rings. The van der Waals surface area contributed by atoms with Gasteiger partial charge in [-0.3, -0.25) is 0 Å². The average Bonchev–Trinajstić information content (AvgIpc) is 2.39. The number of rotatable bonds is 6. The molecule has 2 N–H and O–H groups in total. The topological polar surface area (TPSA) is 58.2 Å².